The van der Waals surface area contributed by atoms with Crippen LogP contribution in [0.2, 0.25) is 0 Å². The highest BCUT2D eigenvalue weighted by Crippen LogP contribution is 2.23. The van der Waals surface area contributed by atoms with Gasteiger partial charge in [0.05, 0.1) is 15.7 Å². The number of aryl methyl sites for hydroxylation is 1. The third-order valence-corrected chi connectivity index (χ3v) is 7.79. The first-order valence-electron chi connectivity index (χ1n) is 10.2. The molecule has 1 amide bonds. The van der Waals surface area contributed by atoms with Crippen molar-refractivity contribution in [3.8, 4) is 0 Å². The number of rotatable bonds is 5. The molecule has 6 heteroatoms. The van der Waals surface area contributed by atoms with Crippen LogP contribution in [0, 0.1) is 6.92 Å². The zero-order valence-corrected chi connectivity index (χ0v) is 18.3. The molecule has 1 fully saturated rings. The second kappa shape index (κ2) is 9.09. The van der Waals surface area contributed by atoms with E-state index in [1.807, 2.05) is 6.07 Å². The van der Waals surface area contributed by atoms with Crippen LogP contribution in [0.1, 0.15) is 41.8 Å². The predicted molar refractivity (Wildman–Crippen MR) is 116 cm³/mol. The van der Waals surface area contributed by atoms with Crippen LogP contribution in [-0.4, -0.2) is 55.6 Å². The average molecular weight is 415 g/mol. The number of hydrogen-bond acceptors (Lipinski definition) is 4. The SMILES string of the molecule is Cc1ccccc1CN1CCCN(C(=O)c2ccccc2S(=O)(=O)C(C)C)CC1. The molecule has 156 valence electrons. The second-order valence-electron chi connectivity index (χ2n) is 7.94. The highest BCUT2D eigenvalue weighted by atomic mass is 32.2. The van der Waals surface area contributed by atoms with Gasteiger partial charge in [0.1, 0.15) is 0 Å². The first-order chi connectivity index (χ1) is 13.8. The molecular weight excluding hydrogens is 384 g/mol. The van der Waals surface area contributed by atoms with Gasteiger partial charge in [0, 0.05) is 32.7 Å². The Morgan fingerprint density at radius 1 is 0.966 bits per heavy atom. The Balaban J connectivity index is 1.75. The number of nitrogens with zero attached hydrogens (tertiary/aromatic N) is 2. The standard InChI is InChI=1S/C23H30N2O3S/c1-18(2)29(27,28)22-12-7-6-11-21(22)23(26)25-14-8-13-24(15-16-25)17-20-10-5-4-9-19(20)3/h4-7,9-12,18H,8,13-17H2,1-3H3. The highest BCUT2D eigenvalue weighted by Gasteiger charge is 2.28. The molecule has 3 rings (SSSR count). The Bertz CT molecular complexity index is 970. The van der Waals surface area contributed by atoms with Crippen molar-refractivity contribution in [3.05, 3.63) is 65.2 Å². The van der Waals surface area contributed by atoms with Crippen LogP contribution in [-0.2, 0) is 16.4 Å². The van der Waals surface area contributed by atoms with E-state index in [-0.39, 0.29) is 16.4 Å². The summed E-state index contributed by atoms with van der Waals surface area (Å²) in [6, 6.07) is 15.0. The molecule has 0 radical (unpaired) electrons. The Kier molecular flexibility index (Phi) is 6.75. The smallest absolute Gasteiger partial charge is 0.255 e. The largest absolute Gasteiger partial charge is 0.337 e. The number of amides is 1. The normalized spacial score (nSPS) is 16.1. The van der Waals surface area contributed by atoms with Crippen molar-refractivity contribution in [2.24, 2.45) is 0 Å². The molecule has 5 nitrogen and oxygen atoms in total. The van der Waals surface area contributed by atoms with Crippen LogP contribution in [0.5, 0.6) is 0 Å². The number of benzene rings is 2. The molecule has 1 aliphatic heterocycles. The first kappa shape index (κ1) is 21.5. The van der Waals surface area contributed by atoms with E-state index in [2.05, 4.69) is 30.0 Å². The molecule has 29 heavy (non-hydrogen) atoms. The Hall–Kier alpha value is -2.18. The minimum atomic E-state index is -3.51. The number of hydrogen-bond donors (Lipinski definition) is 0. The van der Waals surface area contributed by atoms with Crippen molar-refractivity contribution in [1.29, 1.82) is 0 Å². The van der Waals surface area contributed by atoms with Gasteiger partial charge in [-0.15, -0.1) is 0 Å². The van der Waals surface area contributed by atoms with E-state index in [4.69, 9.17) is 0 Å². The predicted octanol–water partition coefficient (Wildman–Crippen LogP) is 3.53. The molecule has 0 bridgehead atoms. The van der Waals surface area contributed by atoms with Gasteiger partial charge in [0.2, 0.25) is 0 Å². The van der Waals surface area contributed by atoms with E-state index < -0.39 is 15.1 Å². The summed E-state index contributed by atoms with van der Waals surface area (Å²) in [6.45, 7) is 9.21. The summed E-state index contributed by atoms with van der Waals surface area (Å²) in [4.78, 5) is 17.5. The van der Waals surface area contributed by atoms with Gasteiger partial charge in [-0.05, 0) is 50.5 Å². The maximum atomic E-state index is 13.2. The van der Waals surface area contributed by atoms with Gasteiger partial charge in [-0.1, -0.05) is 36.4 Å². The molecule has 0 saturated carbocycles. The lowest BCUT2D eigenvalue weighted by molar-refractivity contribution is 0.0757. The molecule has 0 aromatic heterocycles. The lowest BCUT2D eigenvalue weighted by atomic mass is 10.1. The molecule has 0 atom stereocenters. The quantitative estimate of drug-likeness (QED) is 0.751. The number of sulfone groups is 1. The molecule has 1 saturated heterocycles. The summed E-state index contributed by atoms with van der Waals surface area (Å²) in [5.74, 6) is -0.192. The highest BCUT2D eigenvalue weighted by molar-refractivity contribution is 7.92. The van der Waals surface area contributed by atoms with Crippen LogP contribution < -0.4 is 0 Å². The van der Waals surface area contributed by atoms with Crippen molar-refractivity contribution >= 4 is 15.7 Å². The molecule has 2 aromatic rings. The third kappa shape index (κ3) is 4.87. The average Bonchev–Trinajstić information content (AvgIpc) is 2.94. The van der Waals surface area contributed by atoms with Crippen molar-refractivity contribution in [3.63, 3.8) is 0 Å². The van der Waals surface area contributed by atoms with Gasteiger partial charge in [-0.3, -0.25) is 9.69 Å². The second-order valence-corrected chi connectivity index (χ2v) is 10.4. The lowest BCUT2D eigenvalue weighted by Gasteiger charge is -2.23. The van der Waals surface area contributed by atoms with Crippen molar-refractivity contribution in [2.45, 2.75) is 43.9 Å². The molecular formula is C23H30N2O3S. The molecule has 1 aliphatic rings. The molecule has 0 spiro atoms. The fourth-order valence-electron chi connectivity index (χ4n) is 3.68. The maximum absolute atomic E-state index is 13.2. The van der Waals surface area contributed by atoms with E-state index in [0.717, 1.165) is 26.1 Å². The van der Waals surface area contributed by atoms with Crippen LogP contribution in [0.15, 0.2) is 53.4 Å². The fraction of sp³-hybridized carbons (Fsp3) is 0.435. The summed E-state index contributed by atoms with van der Waals surface area (Å²) in [6.07, 6.45) is 0.872. The molecule has 1 heterocycles. The van der Waals surface area contributed by atoms with Crippen molar-refractivity contribution in [1.82, 2.24) is 9.80 Å². The topological polar surface area (TPSA) is 57.7 Å². The van der Waals surface area contributed by atoms with E-state index in [1.54, 1.807) is 43.0 Å². The van der Waals surface area contributed by atoms with Crippen LogP contribution in [0.4, 0.5) is 0 Å². The van der Waals surface area contributed by atoms with Crippen molar-refractivity contribution in [2.75, 3.05) is 26.2 Å². The van der Waals surface area contributed by atoms with E-state index in [0.29, 0.717) is 13.1 Å². The first-order valence-corrected chi connectivity index (χ1v) is 11.7. The summed E-state index contributed by atoms with van der Waals surface area (Å²) in [7, 11) is -3.51. The summed E-state index contributed by atoms with van der Waals surface area (Å²) in [5, 5.41) is -0.565. The molecule has 0 N–H and O–H groups in total. The molecule has 2 aromatic carbocycles. The van der Waals surface area contributed by atoms with Gasteiger partial charge >= 0.3 is 0 Å². The zero-order valence-electron chi connectivity index (χ0n) is 17.5. The van der Waals surface area contributed by atoms with Gasteiger partial charge in [-0.2, -0.15) is 0 Å². The van der Waals surface area contributed by atoms with Crippen LogP contribution >= 0.6 is 0 Å². The van der Waals surface area contributed by atoms with Gasteiger partial charge in [0.15, 0.2) is 9.84 Å². The maximum Gasteiger partial charge on any atom is 0.255 e. The Morgan fingerprint density at radius 3 is 2.38 bits per heavy atom. The van der Waals surface area contributed by atoms with E-state index in [9.17, 15) is 13.2 Å². The zero-order chi connectivity index (χ0) is 21.0. The van der Waals surface area contributed by atoms with Gasteiger partial charge in [0.25, 0.3) is 5.91 Å². The number of carbonyl (C=O) groups excluding carboxylic acids is 1. The van der Waals surface area contributed by atoms with Crippen molar-refractivity contribution < 1.29 is 13.2 Å². The van der Waals surface area contributed by atoms with Gasteiger partial charge < -0.3 is 4.90 Å². The Morgan fingerprint density at radius 2 is 1.66 bits per heavy atom. The van der Waals surface area contributed by atoms with Gasteiger partial charge in [-0.25, -0.2) is 8.42 Å². The minimum absolute atomic E-state index is 0.140. The monoisotopic (exact) mass is 414 g/mol. The van der Waals surface area contributed by atoms with Crippen LogP contribution in [0.3, 0.4) is 0 Å². The number of carbonyl (C=O) groups is 1. The molecule has 0 unspecified atom stereocenters. The summed E-state index contributed by atoms with van der Waals surface area (Å²) >= 11 is 0. The van der Waals surface area contributed by atoms with E-state index in [1.165, 1.54) is 11.1 Å². The third-order valence-electron chi connectivity index (χ3n) is 5.58. The van der Waals surface area contributed by atoms with E-state index >= 15 is 0 Å². The summed E-state index contributed by atoms with van der Waals surface area (Å²) < 4.78 is 25.4. The lowest BCUT2D eigenvalue weighted by Crippen LogP contribution is -2.36. The molecule has 0 aliphatic carbocycles. The minimum Gasteiger partial charge on any atom is -0.337 e. The fourth-order valence-corrected chi connectivity index (χ4v) is 4.91. The Labute approximate surface area is 174 Å². The van der Waals surface area contributed by atoms with Crippen LogP contribution in [0.25, 0.3) is 0 Å². The summed E-state index contributed by atoms with van der Waals surface area (Å²) in [5.41, 5.74) is 2.87.